The summed E-state index contributed by atoms with van der Waals surface area (Å²) in [6, 6.07) is 0. The maximum Gasteiger partial charge on any atom is 0.224 e. The summed E-state index contributed by atoms with van der Waals surface area (Å²) in [6.07, 6.45) is 7.23. The van der Waals surface area contributed by atoms with E-state index in [0.29, 0.717) is 17.7 Å². The summed E-state index contributed by atoms with van der Waals surface area (Å²) in [7, 11) is 0. The van der Waals surface area contributed by atoms with Crippen LogP contribution in [0.1, 0.15) is 46.0 Å². The van der Waals surface area contributed by atoms with Gasteiger partial charge in [0.25, 0.3) is 0 Å². The zero-order chi connectivity index (χ0) is 14.4. The molecule has 1 saturated carbocycles. The van der Waals surface area contributed by atoms with Gasteiger partial charge in [0, 0.05) is 13.1 Å². The molecule has 4 nitrogen and oxygen atoms in total. The van der Waals surface area contributed by atoms with Crippen molar-refractivity contribution in [1.82, 2.24) is 9.97 Å². The third kappa shape index (κ3) is 4.32. The third-order valence-electron chi connectivity index (χ3n) is 3.97. The third-order valence-corrected chi connectivity index (χ3v) is 3.97. The molecule has 0 aromatic carbocycles. The van der Waals surface area contributed by atoms with Gasteiger partial charge in [-0.25, -0.2) is 9.37 Å². The fourth-order valence-electron chi connectivity index (χ4n) is 2.59. The molecule has 1 aromatic rings. The maximum absolute atomic E-state index is 13.7. The highest BCUT2D eigenvalue weighted by Crippen LogP contribution is 2.28. The van der Waals surface area contributed by atoms with Crippen molar-refractivity contribution in [2.75, 3.05) is 23.7 Å². The number of aromatic nitrogens is 2. The fourth-order valence-corrected chi connectivity index (χ4v) is 2.59. The quantitative estimate of drug-likeness (QED) is 0.834. The van der Waals surface area contributed by atoms with Crippen LogP contribution in [0, 0.1) is 17.7 Å². The van der Waals surface area contributed by atoms with E-state index in [9.17, 15) is 4.39 Å². The molecule has 5 heteroatoms. The highest BCUT2D eigenvalue weighted by atomic mass is 19.1. The van der Waals surface area contributed by atoms with Gasteiger partial charge in [-0.05, 0) is 31.1 Å². The molecule has 0 radical (unpaired) electrons. The Kier molecular flexibility index (Phi) is 5.56. The molecular formula is C15H25FN4. The van der Waals surface area contributed by atoms with Gasteiger partial charge in [-0.1, -0.05) is 26.7 Å². The highest BCUT2D eigenvalue weighted by molar-refractivity contribution is 5.41. The lowest BCUT2D eigenvalue weighted by Gasteiger charge is -2.26. The fraction of sp³-hybridized carbons (Fsp3) is 0.733. The summed E-state index contributed by atoms with van der Waals surface area (Å²) >= 11 is 0. The second-order valence-corrected chi connectivity index (χ2v) is 5.82. The Balaban J connectivity index is 1.87. The average Bonchev–Trinajstić information content (AvgIpc) is 2.46. The van der Waals surface area contributed by atoms with Gasteiger partial charge in [0.15, 0.2) is 11.6 Å². The molecule has 20 heavy (non-hydrogen) atoms. The van der Waals surface area contributed by atoms with Crippen LogP contribution >= 0.6 is 0 Å². The van der Waals surface area contributed by atoms with E-state index in [1.807, 2.05) is 0 Å². The number of rotatable bonds is 6. The largest absolute Gasteiger partial charge is 0.367 e. The van der Waals surface area contributed by atoms with Crippen LogP contribution in [0.15, 0.2) is 6.20 Å². The van der Waals surface area contributed by atoms with Gasteiger partial charge in [-0.15, -0.1) is 0 Å². The van der Waals surface area contributed by atoms with Crippen molar-refractivity contribution in [2.24, 2.45) is 11.8 Å². The van der Waals surface area contributed by atoms with Crippen molar-refractivity contribution >= 4 is 11.8 Å². The van der Waals surface area contributed by atoms with Gasteiger partial charge >= 0.3 is 0 Å². The van der Waals surface area contributed by atoms with Crippen LogP contribution in [-0.4, -0.2) is 23.1 Å². The van der Waals surface area contributed by atoms with Crippen molar-refractivity contribution < 1.29 is 4.39 Å². The topological polar surface area (TPSA) is 49.8 Å². The van der Waals surface area contributed by atoms with Gasteiger partial charge in [-0.3, -0.25) is 0 Å². The number of hydrogen-bond acceptors (Lipinski definition) is 4. The molecule has 1 aliphatic carbocycles. The second-order valence-electron chi connectivity index (χ2n) is 5.82. The predicted molar refractivity (Wildman–Crippen MR) is 80.4 cm³/mol. The predicted octanol–water partition coefficient (Wildman–Crippen LogP) is 3.68. The molecule has 0 bridgehead atoms. The number of hydrogen-bond donors (Lipinski definition) is 2. The van der Waals surface area contributed by atoms with Crippen LogP contribution in [0.3, 0.4) is 0 Å². The van der Waals surface area contributed by atoms with Crippen molar-refractivity contribution in [1.29, 1.82) is 0 Å². The number of anilines is 2. The van der Waals surface area contributed by atoms with Gasteiger partial charge in [0.2, 0.25) is 5.95 Å². The zero-order valence-electron chi connectivity index (χ0n) is 12.5. The first-order valence-electron chi connectivity index (χ1n) is 7.69. The van der Waals surface area contributed by atoms with Crippen molar-refractivity contribution in [2.45, 2.75) is 46.0 Å². The normalized spacial score (nSPS) is 22.6. The minimum Gasteiger partial charge on any atom is -0.367 e. The molecule has 0 atom stereocenters. The van der Waals surface area contributed by atoms with Gasteiger partial charge < -0.3 is 10.6 Å². The van der Waals surface area contributed by atoms with Crippen molar-refractivity contribution in [3.05, 3.63) is 12.0 Å². The molecule has 1 fully saturated rings. The summed E-state index contributed by atoms with van der Waals surface area (Å²) < 4.78 is 13.7. The van der Waals surface area contributed by atoms with E-state index >= 15 is 0 Å². The maximum atomic E-state index is 13.7. The van der Waals surface area contributed by atoms with Crippen LogP contribution in [-0.2, 0) is 0 Å². The van der Waals surface area contributed by atoms with E-state index in [1.165, 1.54) is 31.9 Å². The molecule has 112 valence electrons. The van der Waals surface area contributed by atoms with Gasteiger partial charge in [0.05, 0.1) is 6.20 Å². The number of nitrogens with one attached hydrogen (secondary N) is 2. The lowest BCUT2D eigenvalue weighted by Crippen LogP contribution is -2.21. The SMILES string of the molecule is CCCNc1ncc(F)c(NCC2CCC(C)CC2)n1. The zero-order valence-corrected chi connectivity index (χ0v) is 12.5. The van der Waals surface area contributed by atoms with E-state index < -0.39 is 0 Å². The minimum absolute atomic E-state index is 0.317. The van der Waals surface area contributed by atoms with E-state index in [2.05, 4.69) is 34.4 Å². The molecule has 0 saturated heterocycles. The Morgan fingerprint density at radius 3 is 2.70 bits per heavy atom. The minimum atomic E-state index is -0.378. The molecule has 1 aromatic heterocycles. The molecular weight excluding hydrogens is 255 g/mol. The molecule has 0 aliphatic heterocycles. The Morgan fingerprint density at radius 1 is 1.25 bits per heavy atom. The Hall–Kier alpha value is -1.39. The van der Waals surface area contributed by atoms with Crippen LogP contribution in [0.5, 0.6) is 0 Å². The van der Waals surface area contributed by atoms with Crippen LogP contribution in [0.4, 0.5) is 16.2 Å². The summed E-state index contributed by atoms with van der Waals surface area (Å²) in [4.78, 5) is 8.14. The van der Waals surface area contributed by atoms with Crippen LogP contribution in [0.25, 0.3) is 0 Å². The van der Waals surface area contributed by atoms with E-state index in [4.69, 9.17) is 0 Å². The van der Waals surface area contributed by atoms with Crippen molar-refractivity contribution in [3.63, 3.8) is 0 Å². The first-order chi connectivity index (χ1) is 9.69. The van der Waals surface area contributed by atoms with Gasteiger partial charge in [0.1, 0.15) is 0 Å². The highest BCUT2D eigenvalue weighted by Gasteiger charge is 2.18. The Morgan fingerprint density at radius 2 is 2.00 bits per heavy atom. The van der Waals surface area contributed by atoms with Crippen LogP contribution in [0.2, 0.25) is 0 Å². The molecule has 1 aliphatic rings. The lowest BCUT2D eigenvalue weighted by atomic mass is 9.83. The summed E-state index contributed by atoms with van der Waals surface area (Å²) in [5.41, 5.74) is 0. The molecule has 2 N–H and O–H groups in total. The standard InChI is InChI=1S/C15H25FN4/c1-3-8-17-15-19-10-13(16)14(20-15)18-9-12-6-4-11(2)5-7-12/h10-12H,3-9H2,1-2H3,(H2,17,18,19,20). The van der Waals surface area contributed by atoms with Crippen LogP contribution < -0.4 is 10.6 Å². The first kappa shape index (κ1) is 15.0. The molecule has 0 spiro atoms. The average molecular weight is 280 g/mol. The van der Waals surface area contributed by atoms with Gasteiger partial charge in [-0.2, -0.15) is 4.98 Å². The molecule has 2 rings (SSSR count). The van der Waals surface area contributed by atoms with E-state index in [-0.39, 0.29) is 5.82 Å². The smallest absolute Gasteiger partial charge is 0.224 e. The lowest BCUT2D eigenvalue weighted by molar-refractivity contribution is 0.300. The Bertz CT molecular complexity index is 416. The second kappa shape index (κ2) is 7.41. The van der Waals surface area contributed by atoms with Crippen molar-refractivity contribution in [3.8, 4) is 0 Å². The van der Waals surface area contributed by atoms with E-state index in [1.54, 1.807) is 0 Å². The monoisotopic (exact) mass is 280 g/mol. The molecule has 0 amide bonds. The Labute approximate surface area is 120 Å². The molecule has 1 heterocycles. The summed E-state index contributed by atoms with van der Waals surface area (Å²) in [5.74, 6) is 1.90. The number of nitrogens with zero attached hydrogens (tertiary/aromatic N) is 2. The number of halogens is 1. The summed E-state index contributed by atoms with van der Waals surface area (Å²) in [6.45, 7) is 5.97. The van der Waals surface area contributed by atoms with E-state index in [0.717, 1.165) is 25.4 Å². The first-order valence-corrected chi connectivity index (χ1v) is 7.69. The summed E-state index contributed by atoms with van der Waals surface area (Å²) in [5, 5.41) is 6.22. The molecule has 0 unspecified atom stereocenters.